The van der Waals surface area contributed by atoms with Crippen molar-refractivity contribution in [2.75, 3.05) is 0 Å². The number of benzene rings is 3. The van der Waals surface area contributed by atoms with Crippen LogP contribution in [0.2, 0.25) is 0 Å². The zero-order valence-electron chi connectivity index (χ0n) is 12.2. The Morgan fingerprint density at radius 3 is 2.20 bits per heavy atom. The summed E-state index contributed by atoms with van der Waals surface area (Å²) in [5, 5.41) is 2.86. The summed E-state index contributed by atoms with van der Waals surface area (Å²) in [6.45, 7) is 4.54. The van der Waals surface area contributed by atoms with Crippen LogP contribution in [-0.4, -0.2) is 7.85 Å². The number of rotatable bonds is 1. The van der Waals surface area contributed by atoms with Crippen molar-refractivity contribution >= 4 is 24.1 Å². The lowest BCUT2D eigenvalue weighted by molar-refractivity contribution is 0.869. The topological polar surface area (TPSA) is 0 Å². The van der Waals surface area contributed by atoms with Crippen LogP contribution < -0.4 is 5.46 Å². The molecule has 0 atom stereocenters. The fourth-order valence-electron chi connectivity index (χ4n) is 3.37. The van der Waals surface area contributed by atoms with Crippen molar-refractivity contribution in [3.63, 3.8) is 0 Å². The highest BCUT2D eigenvalue weighted by Crippen LogP contribution is 2.47. The molecule has 0 heterocycles. The highest BCUT2D eigenvalue weighted by atomic mass is 14.2. The van der Waals surface area contributed by atoms with Crippen LogP contribution in [0.15, 0.2) is 48.5 Å². The van der Waals surface area contributed by atoms with Gasteiger partial charge in [-0.3, -0.25) is 0 Å². The van der Waals surface area contributed by atoms with Crippen LogP contribution in [-0.2, 0) is 0 Å². The van der Waals surface area contributed by atoms with Crippen LogP contribution in [0.1, 0.15) is 25.3 Å². The summed E-state index contributed by atoms with van der Waals surface area (Å²) in [6.07, 6.45) is 0. The monoisotopic (exact) mass is 256 g/mol. The van der Waals surface area contributed by atoms with Crippen LogP contribution in [0.5, 0.6) is 0 Å². The molecule has 0 aliphatic heterocycles. The Morgan fingerprint density at radius 1 is 0.800 bits per heavy atom. The van der Waals surface area contributed by atoms with Gasteiger partial charge >= 0.3 is 0 Å². The number of hydrogen-bond donors (Lipinski definition) is 0. The van der Waals surface area contributed by atoms with Crippen molar-refractivity contribution in [3.8, 4) is 22.3 Å². The Balaban J connectivity index is 2.21. The highest BCUT2D eigenvalue weighted by Gasteiger charge is 2.22. The third-order valence-corrected chi connectivity index (χ3v) is 4.53. The Hall–Kier alpha value is -2.02. The lowest BCUT2D eigenvalue weighted by Crippen LogP contribution is -2.04. The fraction of sp³-hybridized carbons (Fsp3) is 0.158. The van der Waals surface area contributed by atoms with Crippen molar-refractivity contribution in [2.24, 2.45) is 0 Å². The quantitative estimate of drug-likeness (QED) is 0.453. The molecule has 0 fully saturated rings. The Kier molecular flexibility index (Phi) is 2.35. The van der Waals surface area contributed by atoms with E-state index in [9.17, 15) is 0 Å². The third kappa shape index (κ3) is 1.44. The third-order valence-electron chi connectivity index (χ3n) is 4.53. The molecular formula is C19H17B. The van der Waals surface area contributed by atoms with E-state index in [-0.39, 0.29) is 0 Å². The van der Waals surface area contributed by atoms with Gasteiger partial charge in [0.25, 0.3) is 0 Å². The molecule has 0 saturated carbocycles. The van der Waals surface area contributed by atoms with Gasteiger partial charge in [0, 0.05) is 0 Å². The summed E-state index contributed by atoms with van der Waals surface area (Å²) in [7, 11) is 2.22. The van der Waals surface area contributed by atoms with Gasteiger partial charge in [-0.1, -0.05) is 67.8 Å². The average molecular weight is 256 g/mol. The summed E-state index contributed by atoms with van der Waals surface area (Å²) in [6, 6.07) is 18.1. The summed E-state index contributed by atoms with van der Waals surface area (Å²) >= 11 is 0. The molecule has 0 bridgehead atoms. The maximum atomic E-state index is 2.39. The molecule has 0 amide bonds. The zero-order chi connectivity index (χ0) is 13.9. The van der Waals surface area contributed by atoms with Gasteiger partial charge in [-0.05, 0) is 44.5 Å². The van der Waals surface area contributed by atoms with Gasteiger partial charge in [-0.25, -0.2) is 0 Å². The van der Waals surface area contributed by atoms with E-state index in [1.807, 2.05) is 0 Å². The van der Waals surface area contributed by atoms with Crippen LogP contribution in [0.25, 0.3) is 33.0 Å². The molecule has 3 aromatic rings. The first-order valence-corrected chi connectivity index (χ1v) is 7.34. The van der Waals surface area contributed by atoms with Crippen LogP contribution in [0, 0.1) is 0 Å². The van der Waals surface area contributed by atoms with E-state index in [4.69, 9.17) is 0 Å². The smallest absolute Gasteiger partial charge is 0.0812 e. The van der Waals surface area contributed by atoms with Gasteiger partial charge in [0.1, 0.15) is 7.85 Å². The van der Waals surface area contributed by atoms with E-state index in [1.165, 1.54) is 44.1 Å². The molecule has 0 N–H and O–H groups in total. The molecule has 3 aromatic carbocycles. The van der Waals surface area contributed by atoms with E-state index in [0.717, 1.165) is 0 Å². The van der Waals surface area contributed by atoms with E-state index in [1.54, 1.807) is 0 Å². The summed E-state index contributed by atoms with van der Waals surface area (Å²) in [4.78, 5) is 0. The predicted molar refractivity (Wildman–Crippen MR) is 90.6 cm³/mol. The molecule has 0 aromatic heterocycles. The molecule has 20 heavy (non-hydrogen) atoms. The molecule has 1 aliphatic carbocycles. The first kappa shape index (κ1) is 11.8. The Labute approximate surface area is 120 Å². The van der Waals surface area contributed by atoms with E-state index < -0.39 is 0 Å². The summed E-state index contributed by atoms with van der Waals surface area (Å²) < 4.78 is 0. The van der Waals surface area contributed by atoms with E-state index in [0.29, 0.717) is 5.92 Å². The minimum absolute atomic E-state index is 0.562. The Bertz CT molecular complexity index is 844. The lowest BCUT2D eigenvalue weighted by Gasteiger charge is -2.12. The van der Waals surface area contributed by atoms with Crippen LogP contribution in [0.3, 0.4) is 0 Å². The second-order valence-corrected chi connectivity index (χ2v) is 6.12. The van der Waals surface area contributed by atoms with Crippen molar-refractivity contribution in [1.29, 1.82) is 0 Å². The van der Waals surface area contributed by atoms with Crippen molar-refractivity contribution < 1.29 is 0 Å². The SMILES string of the molecule is Bc1ccc2c3c(cc(C(C)C)cc13)-c1ccccc1-2. The maximum absolute atomic E-state index is 2.39. The molecule has 0 spiro atoms. The van der Waals surface area contributed by atoms with Gasteiger partial charge in [0.05, 0.1) is 0 Å². The molecule has 4 rings (SSSR count). The van der Waals surface area contributed by atoms with Crippen molar-refractivity contribution in [2.45, 2.75) is 19.8 Å². The highest BCUT2D eigenvalue weighted by molar-refractivity contribution is 6.40. The summed E-state index contributed by atoms with van der Waals surface area (Å²) in [5.41, 5.74) is 8.39. The normalized spacial score (nSPS) is 12.2. The molecular weight excluding hydrogens is 239 g/mol. The first-order chi connectivity index (χ1) is 9.66. The van der Waals surface area contributed by atoms with E-state index in [2.05, 4.69) is 70.2 Å². The van der Waals surface area contributed by atoms with Crippen molar-refractivity contribution in [1.82, 2.24) is 0 Å². The maximum Gasteiger partial charge on any atom is 0.140 e. The molecule has 1 heteroatoms. The largest absolute Gasteiger partial charge is 0.140 e. The molecule has 0 saturated heterocycles. The second kappa shape index (κ2) is 3.99. The Morgan fingerprint density at radius 2 is 1.50 bits per heavy atom. The molecule has 0 unspecified atom stereocenters. The molecule has 0 nitrogen and oxygen atoms in total. The van der Waals surface area contributed by atoms with Crippen molar-refractivity contribution in [3.05, 3.63) is 54.1 Å². The van der Waals surface area contributed by atoms with Gasteiger partial charge < -0.3 is 0 Å². The van der Waals surface area contributed by atoms with Gasteiger partial charge in [-0.2, -0.15) is 0 Å². The predicted octanol–water partition coefficient (Wildman–Crippen LogP) is 3.87. The minimum atomic E-state index is 0.562. The fourth-order valence-corrected chi connectivity index (χ4v) is 3.37. The second-order valence-electron chi connectivity index (χ2n) is 6.12. The van der Waals surface area contributed by atoms with Crippen LogP contribution in [0.4, 0.5) is 0 Å². The zero-order valence-corrected chi connectivity index (χ0v) is 12.2. The standard InChI is InChI=1S/C19H17B/c1-11(2)12-9-16-14-6-4-3-5-13(14)15-7-8-18(20)17(10-12)19(15)16/h3-11H,20H2,1-2H3. The average Bonchev–Trinajstić information content (AvgIpc) is 2.78. The summed E-state index contributed by atoms with van der Waals surface area (Å²) in [5.74, 6) is 0.562. The first-order valence-electron chi connectivity index (χ1n) is 7.34. The number of fused-ring (bicyclic) bond motifs is 3. The minimum Gasteiger partial charge on any atom is -0.0812 e. The molecule has 96 valence electrons. The molecule has 0 radical (unpaired) electrons. The van der Waals surface area contributed by atoms with E-state index >= 15 is 0 Å². The lowest BCUT2D eigenvalue weighted by atomic mass is 9.85. The van der Waals surface area contributed by atoms with Crippen LogP contribution >= 0.6 is 0 Å². The molecule has 1 aliphatic rings. The van der Waals surface area contributed by atoms with Gasteiger partial charge in [-0.15, -0.1) is 0 Å². The number of hydrogen-bond acceptors (Lipinski definition) is 0. The van der Waals surface area contributed by atoms with Gasteiger partial charge in [0.2, 0.25) is 0 Å². The van der Waals surface area contributed by atoms with Gasteiger partial charge in [0.15, 0.2) is 0 Å².